The summed E-state index contributed by atoms with van der Waals surface area (Å²) in [6.45, 7) is 2.47. The van der Waals surface area contributed by atoms with Crippen LogP contribution in [0.5, 0.6) is 5.75 Å². The molecular weight excluding hydrogens is 236 g/mol. The van der Waals surface area contributed by atoms with Gasteiger partial charge in [0, 0.05) is 0 Å². The number of halogens is 2. The van der Waals surface area contributed by atoms with E-state index < -0.39 is 12.0 Å². The minimum absolute atomic E-state index is 0.00981. The van der Waals surface area contributed by atoms with Gasteiger partial charge in [0.05, 0.1) is 18.7 Å². The molecule has 18 heavy (non-hydrogen) atoms. The zero-order valence-corrected chi connectivity index (χ0v) is 10.8. The Kier molecular flexibility index (Phi) is 3.85. The molecule has 2 rings (SSSR count). The van der Waals surface area contributed by atoms with Gasteiger partial charge in [0.25, 0.3) is 5.92 Å². The van der Waals surface area contributed by atoms with E-state index in [-0.39, 0.29) is 11.3 Å². The van der Waals surface area contributed by atoms with E-state index in [9.17, 15) is 8.78 Å². The zero-order chi connectivity index (χ0) is 13.2. The summed E-state index contributed by atoms with van der Waals surface area (Å²) in [5.41, 5.74) is 0.811. The van der Waals surface area contributed by atoms with Gasteiger partial charge in [-0.05, 0) is 38.4 Å². The molecule has 0 amide bonds. The van der Waals surface area contributed by atoms with Gasteiger partial charge in [-0.15, -0.1) is 0 Å². The summed E-state index contributed by atoms with van der Waals surface area (Å²) in [7, 11) is 1.43. The van der Waals surface area contributed by atoms with Crippen molar-refractivity contribution < 1.29 is 13.5 Å². The van der Waals surface area contributed by atoms with Crippen LogP contribution in [0.3, 0.4) is 0 Å². The molecule has 0 saturated carbocycles. The van der Waals surface area contributed by atoms with Crippen molar-refractivity contribution in [2.45, 2.75) is 38.2 Å². The first-order valence-electron chi connectivity index (χ1n) is 6.32. The number of benzene rings is 1. The summed E-state index contributed by atoms with van der Waals surface area (Å²) >= 11 is 0. The second-order valence-electron chi connectivity index (χ2n) is 4.83. The molecule has 0 spiro atoms. The summed E-state index contributed by atoms with van der Waals surface area (Å²) in [6.07, 6.45) is 2.32. The van der Waals surface area contributed by atoms with E-state index >= 15 is 0 Å². The first kappa shape index (κ1) is 13.3. The molecule has 2 nitrogen and oxygen atoms in total. The molecule has 1 aromatic rings. The third-order valence-electron chi connectivity index (χ3n) is 3.46. The van der Waals surface area contributed by atoms with E-state index in [1.807, 2.05) is 6.92 Å². The summed E-state index contributed by atoms with van der Waals surface area (Å²) in [4.78, 5) is 0. The van der Waals surface area contributed by atoms with E-state index in [2.05, 4.69) is 5.32 Å². The Balaban J connectivity index is 2.35. The first-order valence-corrected chi connectivity index (χ1v) is 6.32. The van der Waals surface area contributed by atoms with E-state index in [1.54, 1.807) is 12.1 Å². The maximum Gasteiger partial charge on any atom is 0.291 e. The molecular formula is C14H19F2NO. The molecule has 0 radical (unpaired) electrons. The molecule has 1 aliphatic heterocycles. The standard InChI is InChI=1S/C14H19F2NO/c1-10-6-7-12(18-2)11(9-10)14(15,16)13-5-3-4-8-17-13/h6-7,9,13,17H,3-5,8H2,1-2H3. The van der Waals surface area contributed by atoms with Crippen molar-refractivity contribution in [2.24, 2.45) is 0 Å². The lowest BCUT2D eigenvalue weighted by Gasteiger charge is -2.32. The Bertz CT molecular complexity index is 414. The number of methoxy groups -OCH3 is 1. The quantitative estimate of drug-likeness (QED) is 0.895. The minimum atomic E-state index is -2.89. The summed E-state index contributed by atoms with van der Waals surface area (Å²) < 4.78 is 34.1. The Labute approximate surface area is 106 Å². The average Bonchev–Trinajstić information content (AvgIpc) is 2.39. The maximum atomic E-state index is 14.5. The van der Waals surface area contributed by atoms with Crippen molar-refractivity contribution in [3.8, 4) is 5.75 Å². The summed E-state index contributed by atoms with van der Waals surface area (Å²) in [5, 5.41) is 2.92. The molecule has 1 atom stereocenters. The lowest BCUT2D eigenvalue weighted by molar-refractivity contribution is -0.0528. The number of rotatable bonds is 3. The van der Waals surface area contributed by atoms with Crippen molar-refractivity contribution in [3.05, 3.63) is 29.3 Å². The van der Waals surface area contributed by atoms with Gasteiger partial charge < -0.3 is 10.1 Å². The number of alkyl halides is 2. The fourth-order valence-corrected chi connectivity index (χ4v) is 2.43. The van der Waals surface area contributed by atoms with E-state index in [4.69, 9.17) is 4.74 Å². The van der Waals surface area contributed by atoms with Crippen LogP contribution in [0.4, 0.5) is 8.78 Å². The van der Waals surface area contributed by atoms with Gasteiger partial charge in [-0.3, -0.25) is 0 Å². The highest BCUT2D eigenvalue weighted by molar-refractivity contribution is 5.40. The molecule has 1 N–H and O–H groups in total. The molecule has 1 aromatic carbocycles. The Morgan fingerprint density at radius 2 is 2.11 bits per heavy atom. The van der Waals surface area contributed by atoms with Crippen LogP contribution in [0.1, 0.15) is 30.4 Å². The van der Waals surface area contributed by atoms with Crippen molar-refractivity contribution in [1.82, 2.24) is 5.32 Å². The molecule has 1 saturated heterocycles. The predicted octanol–water partition coefficient (Wildman–Crippen LogP) is 3.24. The topological polar surface area (TPSA) is 21.3 Å². The number of ether oxygens (including phenoxy) is 1. The van der Waals surface area contributed by atoms with Gasteiger partial charge in [0.1, 0.15) is 5.75 Å². The highest BCUT2D eigenvalue weighted by atomic mass is 19.3. The van der Waals surface area contributed by atoms with Gasteiger partial charge in [-0.1, -0.05) is 18.1 Å². The van der Waals surface area contributed by atoms with Crippen molar-refractivity contribution in [1.29, 1.82) is 0 Å². The third kappa shape index (κ3) is 2.48. The lowest BCUT2D eigenvalue weighted by atomic mass is 9.92. The van der Waals surface area contributed by atoms with Gasteiger partial charge in [0.15, 0.2) is 0 Å². The Morgan fingerprint density at radius 3 is 2.72 bits per heavy atom. The molecule has 1 unspecified atom stereocenters. The zero-order valence-electron chi connectivity index (χ0n) is 10.8. The molecule has 0 aliphatic carbocycles. The molecule has 1 heterocycles. The lowest BCUT2D eigenvalue weighted by Crippen LogP contribution is -2.46. The van der Waals surface area contributed by atoms with Crippen molar-refractivity contribution in [2.75, 3.05) is 13.7 Å². The number of nitrogens with one attached hydrogen (secondary N) is 1. The van der Waals surface area contributed by atoms with Gasteiger partial charge in [0.2, 0.25) is 0 Å². The number of hydrogen-bond donors (Lipinski definition) is 1. The number of hydrogen-bond acceptors (Lipinski definition) is 2. The second-order valence-corrected chi connectivity index (χ2v) is 4.83. The van der Waals surface area contributed by atoms with Crippen LogP contribution in [-0.4, -0.2) is 19.7 Å². The van der Waals surface area contributed by atoms with Crippen LogP contribution in [0.2, 0.25) is 0 Å². The van der Waals surface area contributed by atoms with Crippen molar-refractivity contribution >= 4 is 0 Å². The summed E-state index contributed by atoms with van der Waals surface area (Å²) in [6, 6.07) is 4.13. The first-order chi connectivity index (χ1) is 8.55. The second kappa shape index (κ2) is 5.22. The molecule has 1 aliphatic rings. The highest BCUT2D eigenvalue weighted by Gasteiger charge is 2.43. The highest BCUT2D eigenvalue weighted by Crippen LogP contribution is 2.40. The predicted molar refractivity (Wildman–Crippen MR) is 67.3 cm³/mol. The Morgan fingerprint density at radius 1 is 1.33 bits per heavy atom. The minimum Gasteiger partial charge on any atom is -0.496 e. The normalized spacial score (nSPS) is 20.8. The largest absolute Gasteiger partial charge is 0.496 e. The van der Waals surface area contributed by atoms with Crippen LogP contribution >= 0.6 is 0 Å². The van der Waals surface area contributed by atoms with Gasteiger partial charge in [-0.2, -0.15) is 8.78 Å². The van der Waals surface area contributed by atoms with Crippen LogP contribution in [0.15, 0.2) is 18.2 Å². The van der Waals surface area contributed by atoms with E-state index in [0.29, 0.717) is 13.0 Å². The fourth-order valence-electron chi connectivity index (χ4n) is 2.43. The molecule has 1 fully saturated rings. The van der Waals surface area contributed by atoms with Crippen LogP contribution in [-0.2, 0) is 5.92 Å². The molecule has 0 bridgehead atoms. The van der Waals surface area contributed by atoms with E-state index in [0.717, 1.165) is 18.4 Å². The Hall–Kier alpha value is -1.16. The number of piperidine rings is 1. The molecule has 0 aromatic heterocycles. The maximum absolute atomic E-state index is 14.5. The van der Waals surface area contributed by atoms with Gasteiger partial charge in [-0.25, -0.2) is 0 Å². The smallest absolute Gasteiger partial charge is 0.291 e. The molecule has 100 valence electrons. The van der Waals surface area contributed by atoms with Crippen LogP contribution < -0.4 is 10.1 Å². The van der Waals surface area contributed by atoms with E-state index in [1.165, 1.54) is 13.2 Å². The van der Waals surface area contributed by atoms with Gasteiger partial charge >= 0.3 is 0 Å². The van der Waals surface area contributed by atoms with Crippen molar-refractivity contribution in [3.63, 3.8) is 0 Å². The third-order valence-corrected chi connectivity index (χ3v) is 3.46. The van der Waals surface area contributed by atoms with Crippen LogP contribution in [0, 0.1) is 6.92 Å². The molecule has 4 heteroatoms. The summed E-state index contributed by atoms with van der Waals surface area (Å²) in [5.74, 6) is -2.63. The monoisotopic (exact) mass is 255 g/mol. The van der Waals surface area contributed by atoms with Crippen LogP contribution in [0.25, 0.3) is 0 Å². The average molecular weight is 255 g/mol. The fraction of sp³-hybridized carbons (Fsp3) is 0.571. The SMILES string of the molecule is COc1ccc(C)cc1C(F)(F)C1CCCCN1. The number of aryl methyl sites for hydroxylation is 1.